The van der Waals surface area contributed by atoms with E-state index in [1.54, 1.807) is 0 Å². The van der Waals surface area contributed by atoms with Gasteiger partial charge in [-0.05, 0) is 27.9 Å². The molecule has 0 spiro atoms. The number of nitrogen functional groups attached to an aromatic ring is 1. The van der Waals surface area contributed by atoms with Gasteiger partial charge in [0.05, 0.1) is 12.7 Å². The lowest BCUT2D eigenvalue weighted by molar-refractivity contribution is -0.144. The van der Waals surface area contributed by atoms with Gasteiger partial charge in [0.2, 0.25) is 0 Å². The van der Waals surface area contributed by atoms with E-state index in [1.165, 1.54) is 10.9 Å². The molecule has 1 heterocycles. The van der Waals surface area contributed by atoms with Gasteiger partial charge in [-0.3, -0.25) is 0 Å². The van der Waals surface area contributed by atoms with Gasteiger partial charge in [-0.1, -0.05) is 0 Å². The summed E-state index contributed by atoms with van der Waals surface area (Å²) in [6.07, 6.45) is 0.956. The number of rotatable bonds is 10. The number of nitrogens with two attached hydrogens (primary N) is 1. The predicted octanol–water partition coefficient (Wildman–Crippen LogP) is 0.583. The minimum Gasteiger partial charge on any atom is -0.461 e. The summed E-state index contributed by atoms with van der Waals surface area (Å²) in [5.74, 6) is -0.228. The molecule has 0 fully saturated rings. The normalized spacial score (nSPS) is 11.4. The quantitative estimate of drug-likeness (QED) is 0.499. The minimum absolute atomic E-state index is 0.249. The van der Waals surface area contributed by atoms with Crippen LogP contribution in [0.15, 0.2) is 6.20 Å². The third-order valence-corrected chi connectivity index (χ3v) is 2.90. The Kier molecular flexibility index (Phi) is 7.86. The lowest BCUT2D eigenvalue weighted by atomic mass is 10.3. The van der Waals surface area contributed by atoms with E-state index in [1.807, 2.05) is 32.8 Å². The number of carbonyl (C=O) groups excluding carboxylic acids is 1. The Morgan fingerprint density at radius 1 is 1.36 bits per heavy atom. The topological polar surface area (TPSA) is 91.8 Å². The molecule has 0 saturated carbocycles. The number of hydrogen-bond donors (Lipinski definition) is 1. The van der Waals surface area contributed by atoms with Gasteiger partial charge in [0.25, 0.3) is 0 Å². The van der Waals surface area contributed by atoms with Crippen LogP contribution in [0, 0.1) is 0 Å². The van der Waals surface area contributed by atoms with Gasteiger partial charge in [-0.2, -0.15) is 5.10 Å². The Morgan fingerprint density at radius 3 is 2.55 bits per heavy atom. The Balaban J connectivity index is 2.65. The highest BCUT2D eigenvalue weighted by molar-refractivity contribution is 5.93. The lowest BCUT2D eigenvalue weighted by Crippen LogP contribution is -2.25. The molecule has 126 valence electrons. The number of anilines is 1. The van der Waals surface area contributed by atoms with Crippen molar-refractivity contribution in [3.8, 4) is 0 Å². The fraction of sp³-hybridized carbons (Fsp3) is 0.714. The van der Waals surface area contributed by atoms with Crippen molar-refractivity contribution in [3.63, 3.8) is 0 Å². The summed E-state index contributed by atoms with van der Waals surface area (Å²) >= 11 is 0. The van der Waals surface area contributed by atoms with E-state index in [9.17, 15) is 4.79 Å². The molecule has 0 amide bonds. The van der Waals surface area contributed by atoms with E-state index in [0.29, 0.717) is 32.9 Å². The molecular weight excluding hydrogens is 288 g/mol. The molecule has 2 N–H and O–H groups in total. The van der Waals surface area contributed by atoms with E-state index < -0.39 is 12.3 Å². The molecule has 0 aromatic carbocycles. The second-order valence-electron chi connectivity index (χ2n) is 4.91. The van der Waals surface area contributed by atoms with Crippen molar-refractivity contribution in [2.45, 2.75) is 26.7 Å². The molecule has 0 radical (unpaired) electrons. The average Bonchev–Trinajstić information content (AvgIpc) is 2.80. The van der Waals surface area contributed by atoms with Gasteiger partial charge >= 0.3 is 5.97 Å². The van der Waals surface area contributed by atoms with Crippen molar-refractivity contribution < 1.29 is 19.0 Å². The first-order valence-electron chi connectivity index (χ1n) is 7.35. The molecule has 0 unspecified atom stereocenters. The number of aromatic nitrogens is 2. The highest BCUT2D eigenvalue weighted by Gasteiger charge is 2.19. The number of esters is 1. The first-order chi connectivity index (χ1) is 10.5. The first kappa shape index (κ1) is 18.4. The molecule has 0 aliphatic heterocycles. The van der Waals surface area contributed by atoms with Crippen LogP contribution in [0.25, 0.3) is 0 Å². The van der Waals surface area contributed by atoms with E-state index in [0.717, 1.165) is 0 Å². The summed E-state index contributed by atoms with van der Waals surface area (Å²) in [5, 5.41) is 4.10. The fourth-order valence-electron chi connectivity index (χ4n) is 1.76. The van der Waals surface area contributed by atoms with Crippen LogP contribution in [-0.4, -0.2) is 67.4 Å². The molecule has 1 rings (SSSR count). The maximum absolute atomic E-state index is 12.0. The van der Waals surface area contributed by atoms with Gasteiger partial charge in [0.1, 0.15) is 18.0 Å². The van der Waals surface area contributed by atoms with Gasteiger partial charge in [0, 0.05) is 19.8 Å². The summed E-state index contributed by atoms with van der Waals surface area (Å²) in [5.41, 5.74) is 6.21. The summed E-state index contributed by atoms with van der Waals surface area (Å²) in [6, 6.07) is 0. The fourth-order valence-corrected chi connectivity index (χ4v) is 1.76. The van der Waals surface area contributed by atoms with Crippen molar-refractivity contribution in [2.75, 3.05) is 46.2 Å². The van der Waals surface area contributed by atoms with Crippen LogP contribution in [0.1, 0.15) is 24.2 Å². The van der Waals surface area contributed by atoms with Crippen LogP contribution in [0.4, 0.5) is 5.82 Å². The molecule has 8 heteroatoms. The maximum Gasteiger partial charge on any atom is 0.343 e. The first-order valence-corrected chi connectivity index (χ1v) is 7.35. The number of nitrogens with zero attached hydrogens (tertiary/aromatic N) is 3. The molecule has 1 aromatic heterocycles. The molecule has 0 atom stereocenters. The molecule has 0 bridgehead atoms. The molecule has 22 heavy (non-hydrogen) atoms. The van der Waals surface area contributed by atoms with E-state index in [-0.39, 0.29) is 11.4 Å². The van der Waals surface area contributed by atoms with Crippen molar-refractivity contribution >= 4 is 11.8 Å². The average molecular weight is 314 g/mol. The van der Waals surface area contributed by atoms with Crippen LogP contribution < -0.4 is 5.73 Å². The van der Waals surface area contributed by atoms with Crippen LogP contribution in [0.3, 0.4) is 0 Å². The van der Waals surface area contributed by atoms with E-state index in [4.69, 9.17) is 19.9 Å². The second-order valence-corrected chi connectivity index (χ2v) is 4.91. The van der Waals surface area contributed by atoms with Crippen molar-refractivity contribution in [3.05, 3.63) is 11.8 Å². The predicted molar refractivity (Wildman–Crippen MR) is 82.5 cm³/mol. The lowest BCUT2D eigenvalue weighted by Gasteiger charge is -2.17. The van der Waals surface area contributed by atoms with Crippen LogP contribution in [-0.2, 0) is 20.8 Å². The SMILES string of the molecule is CCOC(Cn1ncc(C(=O)OCCN(C)C)c1N)OCC. The van der Waals surface area contributed by atoms with Crippen LogP contribution in [0.5, 0.6) is 0 Å². The number of carbonyl (C=O) groups is 1. The molecule has 1 aromatic rings. The monoisotopic (exact) mass is 314 g/mol. The number of likely N-dealkylation sites (N-methyl/N-ethyl adjacent to an activating group) is 1. The Labute approximate surface area is 131 Å². The van der Waals surface area contributed by atoms with Crippen molar-refractivity contribution in [1.29, 1.82) is 0 Å². The Morgan fingerprint density at radius 2 is 2.00 bits per heavy atom. The molecule has 8 nitrogen and oxygen atoms in total. The zero-order chi connectivity index (χ0) is 16.5. The third-order valence-electron chi connectivity index (χ3n) is 2.90. The third kappa shape index (κ3) is 5.63. The standard InChI is InChI=1S/C14H26N4O4/c1-5-20-12(21-6-2)10-18-13(15)11(9-16-18)14(19)22-8-7-17(3)4/h9,12H,5-8,10,15H2,1-4H3. The van der Waals surface area contributed by atoms with E-state index >= 15 is 0 Å². The van der Waals surface area contributed by atoms with E-state index in [2.05, 4.69) is 5.10 Å². The molecular formula is C14H26N4O4. The van der Waals surface area contributed by atoms with Crippen molar-refractivity contribution in [1.82, 2.24) is 14.7 Å². The van der Waals surface area contributed by atoms with Crippen LogP contribution >= 0.6 is 0 Å². The smallest absolute Gasteiger partial charge is 0.343 e. The Hall–Kier alpha value is -1.64. The van der Waals surface area contributed by atoms with Gasteiger partial charge in [-0.15, -0.1) is 0 Å². The van der Waals surface area contributed by atoms with Gasteiger partial charge in [0.15, 0.2) is 6.29 Å². The van der Waals surface area contributed by atoms with Gasteiger partial charge in [-0.25, -0.2) is 9.48 Å². The molecule has 0 aliphatic rings. The van der Waals surface area contributed by atoms with Crippen molar-refractivity contribution in [2.24, 2.45) is 0 Å². The minimum atomic E-state index is -0.477. The zero-order valence-corrected chi connectivity index (χ0v) is 13.7. The highest BCUT2D eigenvalue weighted by atomic mass is 16.7. The van der Waals surface area contributed by atoms with Gasteiger partial charge < -0.3 is 24.8 Å². The summed E-state index contributed by atoms with van der Waals surface area (Å²) < 4.78 is 17.5. The summed E-state index contributed by atoms with van der Waals surface area (Å²) in [4.78, 5) is 13.9. The zero-order valence-electron chi connectivity index (χ0n) is 13.7. The Bertz CT molecular complexity index is 456. The second kappa shape index (κ2) is 9.39. The maximum atomic E-state index is 12.0. The largest absolute Gasteiger partial charge is 0.461 e. The summed E-state index contributed by atoms with van der Waals surface area (Å²) in [6.45, 7) is 6.07. The van der Waals surface area contributed by atoms with Crippen LogP contribution in [0.2, 0.25) is 0 Å². The molecule has 0 aliphatic carbocycles. The number of ether oxygens (including phenoxy) is 3. The highest BCUT2D eigenvalue weighted by Crippen LogP contribution is 2.14. The number of hydrogen-bond acceptors (Lipinski definition) is 7. The molecule has 0 saturated heterocycles. The summed E-state index contributed by atoms with van der Waals surface area (Å²) in [7, 11) is 3.81.